The fourth-order valence-electron chi connectivity index (χ4n) is 1.50. The van der Waals surface area contributed by atoms with Gasteiger partial charge in [0.2, 0.25) is 6.08 Å². The molecule has 0 unspecified atom stereocenters. The number of nitrogens with zero attached hydrogens (tertiary/aromatic N) is 1. The van der Waals surface area contributed by atoms with Gasteiger partial charge in [-0.1, -0.05) is 37.8 Å². The lowest BCUT2D eigenvalue weighted by atomic mass is 9.93. The van der Waals surface area contributed by atoms with Crippen molar-refractivity contribution in [3.8, 4) is 0 Å². The molecule has 0 saturated heterocycles. The highest BCUT2D eigenvalue weighted by Gasteiger charge is 2.18. The molecule has 2 nitrogen and oxygen atoms in total. The van der Waals surface area contributed by atoms with E-state index in [0.717, 1.165) is 23.1 Å². The standard InChI is InChI=1S/C14H17NO/c1-5-11(2)12-6-8-13(9-7-12)14(3,4)15-10-16/h6-9H,2,5H2,1,3-4H3. The zero-order chi connectivity index (χ0) is 12.2. The summed E-state index contributed by atoms with van der Waals surface area (Å²) in [4.78, 5) is 14.1. The molecule has 16 heavy (non-hydrogen) atoms. The molecule has 0 radical (unpaired) electrons. The van der Waals surface area contributed by atoms with Crippen molar-refractivity contribution in [3.05, 3.63) is 42.0 Å². The van der Waals surface area contributed by atoms with E-state index in [-0.39, 0.29) is 0 Å². The lowest BCUT2D eigenvalue weighted by Crippen LogP contribution is -2.13. The topological polar surface area (TPSA) is 29.4 Å². The maximum Gasteiger partial charge on any atom is 0.235 e. The first-order valence-corrected chi connectivity index (χ1v) is 5.39. The molecule has 0 saturated carbocycles. The number of isocyanates is 1. The third-order valence-corrected chi connectivity index (χ3v) is 2.75. The molecule has 84 valence electrons. The van der Waals surface area contributed by atoms with Crippen LogP contribution in [-0.4, -0.2) is 6.08 Å². The normalized spacial score (nSPS) is 10.7. The maximum atomic E-state index is 10.3. The number of benzene rings is 1. The summed E-state index contributed by atoms with van der Waals surface area (Å²) in [6, 6.07) is 8.00. The van der Waals surface area contributed by atoms with E-state index in [1.807, 2.05) is 38.1 Å². The molecule has 0 heterocycles. The van der Waals surface area contributed by atoms with Gasteiger partial charge in [0.15, 0.2) is 0 Å². The predicted molar refractivity (Wildman–Crippen MR) is 66.9 cm³/mol. The van der Waals surface area contributed by atoms with Gasteiger partial charge in [-0.2, -0.15) is 4.99 Å². The molecule has 1 rings (SSSR count). The van der Waals surface area contributed by atoms with Crippen molar-refractivity contribution in [2.24, 2.45) is 4.99 Å². The second-order valence-corrected chi connectivity index (χ2v) is 4.30. The van der Waals surface area contributed by atoms with Gasteiger partial charge in [0.1, 0.15) is 0 Å². The van der Waals surface area contributed by atoms with E-state index >= 15 is 0 Å². The Bertz CT molecular complexity index is 423. The first-order valence-electron chi connectivity index (χ1n) is 5.39. The van der Waals surface area contributed by atoms with Crippen LogP contribution in [0.25, 0.3) is 5.57 Å². The van der Waals surface area contributed by atoms with Crippen LogP contribution in [-0.2, 0) is 10.3 Å². The van der Waals surface area contributed by atoms with Crippen LogP contribution in [0.1, 0.15) is 38.3 Å². The highest BCUT2D eigenvalue weighted by atomic mass is 16.1. The Morgan fingerprint density at radius 2 is 1.94 bits per heavy atom. The van der Waals surface area contributed by atoms with Crippen LogP contribution in [0.4, 0.5) is 0 Å². The summed E-state index contributed by atoms with van der Waals surface area (Å²) in [5.41, 5.74) is 2.75. The lowest BCUT2D eigenvalue weighted by Gasteiger charge is -2.18. The van der Waals surface area contributed by atoms with Crippen molar-refractivity contribution in [3.63, 3.8) is 0 Å². The van der Waals surface area contributed by atoms with Crippen LogP contribution in [0, 0.1) is 0 Å². The van der Waals surface area contributed by atoms with Gasteiger partial charge in [-0.15, -0.1) is 0 Å². The number of rotatable bonds is 4. The monoisotopic (exact) mass is 215 g/mol. The third kappa shape index (κ3) is 2.68. The minimum atomic E-state index is -0.506. The molecule has 0 bridgehead atoms. The van der Waals surface area contributed by atoms with Gasteiger partial charge in [-0.05, 0) is 37.0 Å². The summed E-state index contributed by atoms with van der Waals surface area (Å²) in [6.45, 7) is 9.85. The third-order valence-electron chi connectivity index (χ3n) is 2.75. The number of hydrogen-bond acceptors (Lipinski definition) is 2. The molecule has 0 aliphatic rings. The zero-order valence-corrected chi connectivity index (χ0v) is 10.1. The Morgan fingerprint density at radius 3 is 2.38 bits per heavy atom. The van der Waals surface area contributed by atoms with Gasteiger partial charge in [0.05, 0.1) is 5.54 Å². The average Bonchev–Trinajstić information content (AvgIpc) is 2.28. The molecule has 0 amide bonds. The highest BCUT2D eigenvalue weighted by Crippen LogP contribution is 2.26. The lowest BCUT2D eigenvalue weighted by molar-refractivity contribution is 0.523. The van der Waals surface area contributed by atoms with Crippen molar-refractivity contribution in [2.75, 3.05) is 0 Å². The number of hydrogen-bond donors (Lipinski definition) is 0. The average molecular weight is 215 g/mol. The van der Waals surface area contributed by atoms with Crippen molar-refractivity contribution in [1.29, 1.82) is 0 Å². The Kier molecular flexibility index (Phi) is 3.81. The molecule has 0 spiro atoms. The minimum absolute atomic E-state index is 0.506. The van der Waals surface area contributed by atoms with Crippen LogP contribution in [0.2, 0.25) is 0 Å². The molecule has 0 aliphatic heterocycles. The van der Waals surface area contributed by atoms with Crippen molar-refractivity contribution >= 4 is 11.7 Å². The molecule has 1 aromatic rings. The van der Waals surface area contributed by atoms with Gasteiger partial charge in [-0.3, -0.25) is 0 Å². The Balaban J connectivity index is 3.03. The zero-order valence-electron chi connectivity index (χ0n) is 10.1. The van der Waals surface area contributed by atoms with Crippen LogP contribution in [0.5, 0.6) is 0 Å². The molecule has 2 heteroatoms. The van der Waals surface area contributed by atoms with E-state index in [1.54, 1.807) is 6.08 Å². The molecule has 0 fully saturated rings. The summed E-state index contributed by atoms with van der Waals surface area (Å²) < 4.78 is 0. The fraction of sp³-hybridized carbons (Fsp3) is 0.357. The Labute approximate surface area is 96.7 Å². The summed E-state index contributed by atoms with van der Waals surface area (Å²) >= 11 is 0. The van der Waals surface area contributed by atoms with Crippen LogP contribution >= 0.6 is 0 Å². The maximum absolute atomic E-state index is 10.3. The molecule has 1 aromatic carbocycles. The molecular weight excluding hydrogens is 198 g/mol. The highest BCUT2D eigenvalue weighted by molar-refractivity contribution is 5.63. The summed E-state index contributed by atoms with van der Waals surface area (Å²) in [7, 11) is 0. The first kappa shape index (κ1) is 12.4. The molecular formula is C14H17NO. The SMILES string of the molecule is C=C(CC)c1ccc(C(C)(C)N=C=O)cc1. The van der Waals surface area contributed by atoms with Crippen LogP contribution < -0.4 is 0 Å². The van der Waals surface area contributed by atoms with E-state index in [2.05, 4.69) is 18.5 Å². The van der Waals surface area contributed by atoms with Gasteiger partial charge >= 0.3 is 0 Å². The van der Waals surface area contributed by atoms with E-state index in [1.165, 1.54) is 0 Å². The van der Waals surface area contributed by atoms with Crippen molar-refractivity contribution < 1.29 is 4.79 Å². The van der Waals surface area contributed by atoms with Crippen molar-refractivity contribution in [1.82, 2.24) is 0 Å². The van der Waals surface area contributed by atoms with Crippen LogP contribution in [0.3, 0.4) is 0 Å². The Morgan fingerprint density at radius 1 is 1.38 bits per heavy atom. The quantitative estimate of drug-likeness (QED) is 0.556. The van der Waals surface area contributed by atoms with Gasteiger partial charge in [0.25, 0.3) is 0 Å². The second kappa shape index (κ2) is 4.91. The second-order valence-electron chi connectivity index (χ2n) is 4.30. The Hall–Kier alpha value is -1.66. The minimum Gasteiger partial charge on any atom is -0.211 e. The van der Waals surface area contributed by atoms with E-state index < -0.39 is 5.54 Å². The van der Waals surface area contributed by atoms with E-state index in [9.17, 15) is 4.79 Å². The molecule has 0 atom stereocenters. The number of aliphatic imine (C=N–C) groups is 1. The van der Waals surface area contributed by atoms with Crippen molar-refractivity contribution in [2.45, 2.75) is 32.7 Å². The van der Waals surface area contributed by atoms with E-state index in [0.29, 0.717) is 0 Å². The molecule has 0 N–H and O–H groups in total. The smallest absolute Gasteiger partial charge is 0.211 e. The summed E-state index contributed by atoms with van der Waals surface area (Å²) in [6.07, 6.45) is 2.55. The number of allylic oxidation sites excluding steroid dienone is 1. The summed E-state index contributed by atoms with van der Waals surface area (Å²) in [5.74, 6) is 0. The summed E-state index contributed by atoms with van der Waals surface area (Å²) in [5, 5.41) is 0. The largest absolute Gasteiger partial charge is 0.235 e. The first-order chi connectivity index (χ1) is 7.51. The van der Waals surface area contributed by atoms with Crippen LogP contribution in [0.15, 0.2) is 35.8 Å². The fourth-order valence-corrected chi connectivity index (χ4v) is 1.50. The molecule has 0 aromatic heterocycles. The molecule has 0 aliphatic carbocycles. The predicted octanol–water partition coefficient (Wildman–Crippen LogP) is 3.68. The van der Waals surface area contributed by atoms with Gasteiger partial charge in [-0.25, -0.2) is 4.79 Å². The number of carbonyl (C=O) groups excluding carboxylic acids is 1. The van der Waals surface area contributed by atoms with E-state index in [4.69, 9.17) is 0 Å². The van der Waals surface area contributed by atoms with Gasteiger partial charge in [0, 0.05) is 0 Å². The van der Waals surface area contributed by atoms with Gasteiger partial charge < -0.3 is 0 Å².